The van der Waals surface area contributed by atoms with Crippen molar-refractivity contribution < 1.29 is 14.7 Å². The molecule has 20 heavy (non-hydrogen) atoms. The molecule has 1 aromatic carbocycles. The Morgan fingerprint density at radius 1 is 1.35 bits per heavy atom. The number of hydrogen-bond acceptors (Lipinski definition) is 2. The third kappa shape index (κ3) is 4.70. The van der Waals surface area contributed by atoms with E-state index in [0.717, 1.165) is 0 Å². The Labute approximate surface area is 123 Å². The van der Waals surface area contributed by atoms with Crippen LogP contribution in [0, 0.1) is 0 Å². The van der Waals surface area contributed by atoms with Gasteiger partial charge in [0.1, 0.15) is 6.04 Å². The maximum atomic E-state index is 12.3. The standard InChI is InChI=1S/C15H18ClNO3/c1-12(15(19)20)17(13-8-4-2-5-9-13)14(18)10-6-3-7-11-16/h2,4-5,7-9,11-12H,3,6,10H2,1H3,(H,19,20)/b11-7+. The summed E-state index contributed by atoms with van der Waals surface area (Å²) < 4.78 is 0. The molecule has 0 bridgehead atoms. The monoisotopic (exact) mass is 295 g/mol. The molecule has 0 fully saturated rings. The fourth-order valence-corrected chi connectivity index (χ4v) is 1.96. The summed E-state index contributed by atoms with van der Waals surface area (Å²) in [5.41, 5.74) is 2.01. The van der Waals surface area contributed by atoms with E-state index < -0.39 is 12.0 Å². The zero-order valence-electron chi connectivity index (χ0n) is 11.3. The summed E-state index contributed by atoms with van der Waals surface area (Å²) in [5, 5.41) is 9.15. The molecule has 108 valence electrons. The molecule has 1 N–H and O–H groups in total. The normalized spacial score (nSPS) is 12.3. The van der Waals surface area contributed by atoms with E-state index in [1.807, 2.05) is 6.07 Å². The largest absolute Gasteiger partial charge is 0.480 e. The molecule has 0 heterocycles. The molecule has 0 spiro atoms. The minimum absolute atomic E-state index is 0.200. The van der Waals surface area contributed by atoms with Gasteiger partial charge in [0.25, 0.3) is 0 Å². The van der Waals surface area contributed by atoms with Crippen LogP contribution in [0.3, 0.4) is 0 Å². The Bertz CT molecular complexity index is 473. The summed E-state index contributed by atoms with van der Waals surface area (Å²) in [5.74, 6) is -1.23. The molecule has 4 nitrogen and oxygen atoms in total. The molecule has 1 atom stereocenters. The van der Waals surface area contributed by atoms with E-state index in [4.69, 9.17) is 16.7 Å². The van der Waals surface area contributed by atoms with Crippen molar-refractivity contribution in [1.29, 1.82) is 0 Å². The molecule has 0 aliphatic carbocycles. The lowest BCUT2D eigenvalue weighted by molar-refractivity contribution is -0.139. The third-order valence-corrected chi connectivity index (χ3v) is 3.08. The van der Waals surface area contributed by atoms with Gasteiger partial charge in [-0.05, 0) is 31.9 Å². The maximum Gasteiger partial charge on any atom is 0.326 e. The minimum atomic E-state index is -1.03. The predicted octanol–water partition coefficient (Wildman–Crippen LogP) is 3.42. The number of halogens is 1. The third-order valence-electron chi connectivity index (χ3n) is 2.90. The number of allylic oxidation sites excluding steroid dienone is 1. The van der Waals surface area contributed by atoms with Crippen molar-refractivity contribution >= 4 is 29.2 Å². The number of para-hydroxylation sites is 1. The minimum Gasteiger partial charge on any atom is -0.480 e. The van der Waals surface area contributed by atoms with Crippen LogP contribution in [-0.4, -0.2) is 23.0 Å². The Morgan fingerprint density at radius 2 is 2.00 bits per heavy atom. The first-order valence-electron chi connectivity index (χ1n) is 6.43. The molecule has 0 saturated heterocycles. The molecular formula is C15H18ClNO3. The van der Waals surface area contributed by atoms with Crippen LogP contribution in [0.5, 0.6) is 0 Å². The van der Waals surface area contributed by atoms with Gasteiger partial charge in [-0.3, -0.25) is 9.69 Å². The number of carbonyl (C=O) groups excluding carboxylic acids is 1. The molecule has 1 aromatic rings. The first kappa shape index (κ1) is 16.2. The average Bonchev–Trinajstić information content (AvgIpc) is 2.45. The van der Waals surface area contributed by atoms with E-state index in [1.165, 1.54) is 17.4 Å². The highest BCUT2D eigenvalue weighted by Gasteiger charge is 2.26. The van der Waals surface area contributed by atoms with Crippen molar-refractivity contribution in [2.45, 2.75) is 32.2 Å². The van der Waals surface area contributed by atoms with E-state index in [9.17, 15) is 9.59 Å². The quantitative estimate of drug-likeness (QED) is 0.784. The van der Waals surface area contributed by atoms with Crippen molar-refractivity contribution in [2.75, 3.05) is 4.90 Å². The fraction of sp³-hybridized carbons (Fsp3) is 0.333. The Balaban J connectivity index is 2.83. The summed E-state index contributed by atoms with van der Waals surface area (Å²) in [4.78, 5) is 24.8. The topological polar surface area (TPSA) is 57.6 Å². The number of anilines is 1. The number of aliphatic carboxylic acids is 1. The summed E-state index contributed by atoms with van der Waals surface area (Å²) in [6.07, 6.45) is 3.38. The van der Waals surface area contributed by atoms with E-state index in [1.54, 1.807) is 30.3 Å². The highest BCUT2D eigenvalue weighted by molar-refractivity contribution is 6.25. The van der Waals surface area contributed by atoms with Gasteiger partial charge in [-0.1, -0.05) is 35.9 Å². The molecule has 0 aliphatic rings. The van der Waals surface area contributed by atoms with Crippen LogP contribution in [0.15, 0.2) is 41.9 Å². The smallest absolute Gasteiger partial charge is 0.326 e. The number of carboxylic acid groups (broad SMARTS) is 1. The van der Waals surface area contributed by atoms with Crippen LogP contribution < -0.4 is 4.90 Å². The zero-order valence-corrected chi connectivity index (χ0v) is 12.1. The molecule has 0 aliphatic heterocycles. The SMILES string of the molecule is CC(C(=O)O)N(C(=O)CCC/C=C/Cl)c1ccccc1. The fourth-order valence-electron chi connectivity index (χ4n) is 1.84. The number of hydrogen-bond donors (Lipinski definition) is 1. The first-order valence-corrected chi connectivity index (χ1v) is 6.86. The second-order valence-electron chi connectivity index (χ2n) is 4.37. The van der Waals surface area contributed by atoms with E-state index in [0.29, 0.717) is 18.5 Å². The van der Waals surface area contributed by atoms with Crippen molar-refractivity contribution in [3.63, 3.8) is 0 Å². The number of nitrogens with zero attached hydrogens (tertiary/aromatic N) is 1. The van der Waals surface area contributed by atoms with Gasteiger partial charge < -0.3 is 5.11 Å². The number of carbonyl (C=O) groups is 2. The highest BCUT2D eigenvalue weighted by Crippen LogP contribution is 2.19. The summed E-state index contributed by atoms with van der Waals surface area (Å²) in [6.45, 7) is 1.51. The Hall–Kier alpha value is -1.81. The van der Waals surface area contributed by atoms with Crippen molar-refractivity contribution in [1.82, 2.24) is 0 Å². The second kappa shape index (κ2) is 8.38. The van der Waals surface area contributed by atoms with Crippen LogP contribution in [-0.2, 0) is 9.59 Å². The van der Waals surface area contributed by atoms with Crippen LogP contribution in [0.1, 0.15) is 26.2 Å². The molecular weight excluding hydrogens is 278 g/mol. The molecule has 5 heteroatoms. The summed E-state index contributed by atoms with van der Waals surface area (Å²) >= 11 is 5.41. The lowest BCUT2D eigenvalue weighted by Gasteiger charge is -2.26. The van der Waals surface area contributed by atoms with Crippen LogP contribution in [0.25, 0.3) is 0 Å². The second-order valence-corrected chi connectivity index (χ2v) is 4.62. The van der Waals surface area contributed by atoms with Crippen LogP contribution in [0.2, 0.25) is 0 Å². The van der Waals surface area contributed by atoms with Gasteiger partial charge in [0.2, 0.25) is 5.91 Å². The molecule has 1 amide bonds. The van der Waals surface area contributed by atoms with E-state index >= 15 is 0 Å². The summed E-state index contributed by atoms with van der Waals surface area (Å²) in [7, 11) is 0. The van der Waals surface area contributed by atoms with Gasteiger partial charge in [-0.15, -0.1) is 0 Å². The number of rotatable bonds is 7. The van der Waals surface area contributed by atoms with Gasteiger partial charge in [0, 0.05) is 17.6 Å². The van der Waals surface area contributed by atoms with E-state index in [2.05, 4.69) is 0 Å². The first-order chi connectivity index (χ1) is 9.57. The zero-order chi connectivity index (χ0) is 15.0. The van der Waals surface area contributed by atoms with Gasteiger partial charge in [0.15, 0.2) is 0 Å². The Kier molecular flexibility index (Phi) is 6.81. The Morgan fingerprint density at radius 3 is 2.55 bits per heavy atom. The van der Waals surface area contributed by atoms with Gasteiger partial charge >= 0.3 is 5.97 Å². The molecule has 0 radical (unpaired) electrons. The lowest BCUT2D eigenvalue weighted by atomic mass is 10.1. The van der Waals surface area contributed by atoms with Gasteiger partial charge in [-0.25, -0.2) is 4.79 Å². The molecule has 0 aromatic heterocycles. The van der Waals surface area contributed by atoms with Crippen molar-refractivity contribution in [2.24, 2.45) is 0 Å². The number of carboxylic acids is 1. The lowest BCUT2D eigenvalue weighted by Crippen LogP contribution is -2.43. The number of amides is 1. The van der Waals surface area contributed by atoms with Crippen molar-refractivity contribution in [3.8, 4) is 0 Å². The van der Waals surface area contributed by atoms with E-state index in [-0.39, 0.29) is 12.3 Å². The number of benzene rings is 1. The maximum absolute atomic E-state index is 12.3. The molecule has 1 unspecified atom stereocenters. The van der Waals surface area contributed by atoms with Crippen LogP contribution >= 0.6 is 11.6 Å². The highest BCUT2D eigenvalue weighted by atomic mass is 35.5. The predicted molar refractivity (Wildman–Crippen MR) is 79.9 cm³/mol. The number of unbranched alkanes of at least 4 members (excludes halogenated alkanes) is 1. The molecule has 0 saturated carbocycles. The van der Waals surface area contributed by atoms with Crippen LogP contribution in [0.4, 0.5) is 5.69 Å². The van der Waals surface area contributed by atoms with Gasteiger partial charge in [-0.2, -0.15) is 0 Å². The van der Waals surface area contributed by atoms with Crippen molar-refractivity contribution in [3.05, 3.63) is 41.9 Å². The summed E-state index contributed by atoms with van der Waals surface area (Å²) in [6, 6.07) is 7.95. The average molecular weight is 296 g/mol. The van der Waals surface area contributed by atoms with Gasteiger partial charge in [0.05, 0.1) is 0 Å². The molecule has 1 rings (SSSR count).